The summed E-state index contributed by atoms with van der Waals surface area (Å²) in [6.45, 7) is 7.18. The first-order valence-electron chi connectivity index (χ1n) is 10.3. The molecule has 1 heterocycles. The van der Waals surface area contributed by atoms with Crippen LogP contribution in [0.4, 0.5) is 10.5 Å². The smallest absolute Gasteiger partial charge is 0.412 e. The summed E-state index contributed by atoms with van der Waals surface area (Å²) in [5.41, 5.74) is 0.0525. The molecule has 1 aliphatic rings. The lowest BCUT2D eigenvalue weighted by Gasteiger charge is -2.33. The number of nitrogens with zero attached hydrogens (tertiary/aromatic N) is 1. The average molecular weight is 434 g/mol. The molecule has 9 heteroatoms. The maximum absolute atomic E-state index is 12.5. The van der Waals surface area contributed by atoms with E-state index in [2.05, 4.69) is 5.32 Å². The van der Waals surface area contributed by atoms with Crippen molar-refractivity contribution < 1.29 is 33.4 Å². The first kappa shape index (κ1) is 24.2. The molecule has 0 spiro atoms. The lowest BCUT2D eigenvalue weighted by Crippen LogP contribution is -2.50. The molecule has 1 aromatic carbocycles. The van der Waals surface area contributed by atoms with Crippen LogP contribution in [0.5, 0.6) is 0 Å². The molecule has 0 radical (unpaired) electrons. The summed E-state index contributed by atoms with van der Waals surface area (Å²) in [5, 5.41) is 2.57. The number of esters is 2. The summed E-state index contributed by atoms with van der Waals surface area (Å²) < 4.78 is 15.3. The van der Waals surface area contributed by atoms with E-state index in [1.165, 1.54) is 29.2 Å². The Hall–Kier alpha value is -3.10. The number of hydrogen-bond acceptors (Lipinski definition) is 7. The van der Waals surface area contributed by atoms with Crippen molar-refractivity contribution in [2.75, 3.05) is 25.1 Å². The van der Waals surface area contributed by atoms with E-state index < -0.39 is 42.2 Å². The number of carbonyl (C=O) groups excluding carboxylic acids is 4. The van der Waals surface area contributed by atoms with E-state index in [9.17, 15) is 19.2 Å². The monoisotopic (exact) mass is 434 g/mol. The van der Waals surface area contributed by atoms with E-state index in [0.717, 1.165) is 12.8 Å². The predicted octanol–water partition coefficient (Wildman–Crippen LogP) is 3.13. The fourth-order valence-corrected chi connectivity index (χ4v) is 3.12. The lowest BCUT2D eigenvalue weighted by molar-refractivity contribution is -0.157. The Morgan fingerprint density at radius 3 is 2.35 bits per heavy atom. The van der Waals surface area contributed by atoms with Gasteiger partial charge < -0.3 is 19.1 Å². The predicted molar refractivity (Wildman–Crippen MR) is 113 cm³/mol. The minimum absolute atomic E-state index is 0.225. The molecule has 2 amide bonds. The first-order chi connectivity index (χ1) is 14.6. The molecule has 0 bridgehead atoms. The Bertz CT molecular complexity index is 799. The van der Waals surface area contributed by atoms with Gasteiger partial charge in [0.1, 0.15) is 11.6 Å². The van der Waals surface area contributed by atoms with Crippen LogP contribution in [0, 0.1) is 0 Å². The van der Waals surface area contributed by atoms with E-state index in [-0.39, 0.29) is 12.2 Å². The number of rotatable bonds is 6. The molecule has 0 saturated carbocycles. The molecule has 0 aromatic heterocycles. The molecule has 1 unspecified atom stereocenters. The molecule has 1 aliphatic heterocycles. The molecular formula is C22H30N2O7. The minimum Gasteiger partial charge on any atom is -0.464 e. The zero-order chi connectivity index (χ0) is 23.0. The number of piperidine rings is 1. The number of amides is 2. The lowest BCUT2D eigenvalue weighted by atomic mass is 10.0. The summed E-state index contributed by atoms with van der Waals surface area (Å²) in [6, 6.07) is 5.37. The third-order valence-electron chi connectivity index (χ3n) is 4.47. The summed E-state index contributed by atoms with van der Waals surface area (Å²) in [5.74, 6) is -1.55. The van der Waals surface area contributed by atoms with Crippen LogP contribution in [0.15, 0.2) is 24.3 Å². The molecule has 9 nitrogen and oxygen atoms in total. The maximum atomic E-state index is 12.5. The SMILES string of the molecule is CCOC(=O)C1CCCCN1C(=O)COC(=O)c1ccc(NC(=O)OC(C)(C)C)cc1. The van der Waals surface area contributed by atoms with Crippen LogP contribution in [-0.2, 0) is 23.8 Å². The normalized spacial score (nSPS) is 16.3. The van der Waals surface area contributed by atoms with Crippen LogP contribution in [-0.4, -0.2) is 60.2 Å². The highest BCUT2D eigenvalue weighted by atomic mass is 16.6. The Morgan fingerprint density at radius 2 is 1.74 bits per heavy atom. The highest BCUT2D eigenvalue weighted by molar-refractivity contribution is 5.93. The van der Waals surface area contributed by atoms with Crippen LogP contribution >= 0.6 is 0 Å². The van der Waals surface area contributed by atoms with Gasteiger partial charge in [-0.05, 0) is 71.2 Å². The average Bonchev–Trinajstić information content (AvgIpc) is 2.71. The molecule has 31 heavy (non-hydrogen) atoms. The largest absolute Gasteiger partial charge is 0.464 e. The van der Waals surface area contributed by atoms with Gasteiger partial charge in [-0.15, -0.1) is 0 Å². The number of hydrogen-bond donors (Lipinski definition) is 1. The second-order valence-corrected chi connectivity index (χ2v) is 8.13. The number of anilines is 1. The van der Waals surface area contributed by atoms with Crippen molar-refractivity contribution in [3.8, 4) is 0 Å². The van der Waals surface area contributed by atoms with Gasteiger partial charge in [-0.25, -0.2) is 14.4 Å². The summed E-state index contributed by atoms with van der Waals surface area (Å²) in [4.78, 5) is 50.1. The van der Waals surface area contributed by atoms with E-state index in [1.807, 2.05) is 0 Å². The number of benzene rings is 1. The Kier molecular flexibility index (Phi) is 8.41. The van der Waals surface area contributed by atoms with Crippen molar-refractivity contribution in [2.45, 2.75) is 58.6 Å². The summed E-state index contributed by atoms with van der Waals surface area (Å²) in [7, 11) is 0. The van der Waals surface area contributed by atoms with Gasteiger partial charge in [-0.1, -0.05) is 0 Å². The Morgan fingerprint density at radius 1 is 1.06 bits per heavy atom. The van der Waals surface area contributed by atoms with Gasteiger partial charge in [0.15, 0.2) is 6.61 Å². The molecule has 170 valence electrons. The van der Waals surface area contributed by atoms with Gasteiger partial charge in [0.05, 0.1) is 12.2 Å². The second kappa shape index (κ2) is 10.8. The molecule has 1 fully saturated rings. The third-order valence-corrected chi connectivity index (χ3v) is 4.47. The van der Waals surface area contributed by atoms with Crippen molar-refractivity contribution in [1.29, 1.82) is 0 Å². The Balaban J connectivity index is 1.89. The highest BCUT2D eigenvalue weighted by Gasteiger charge is 2.33. The zero-order valence-electron chi connectivity index (χ0n) is 18.4. The Labute approximate surface area is 182 Å². The van der Waals surface area contributed by atoms with Crippen LogP contribution in [0.25, 0.3) is 0 Å². The fraction of sp³-hybridized carbons (Fsp3) is 0.545. The summed E-state index contributed by atoms with van der Waals surface area (Å²) in [6.07, 6.45) is 1.54. The van der Waals surface area contributed by atoms with E-state index in [4.69, 9.17) is 14.2 Å². The molecule has 2 rings (SSSR count). The summed E-state index contributed by atoms with van der Waals surface area (Å²) >= 11 is 0. The van der Waals surface area contributed by atoms with Gasteiger partial charge in [-0.2, -0.15) is 0 Å². The zero-order valence-corrected chi connectivity index (χ0v) is 18.4. The van der Waals surface area contributed by atoms with E-state index in [0.29, 0.717) is 18.7 Å². The van der Waals surface area contributed by atoms with Crippen LogP contribution < -0.4 is 5.32 Å². The molecule has 1 saturated heterocycles. The van der Waals surface area contributed by atoms with E-state index in [1.54, 1.807) is 27.7 Å². The minimum atomic E-state index is -0.679. The molecule has 1 atom stereocenters. The quantitative estimate of drug-likeness (QED) is 0.541. The van der Waals surface area contributed by atoms with Crippen molar-refractivity contribution in [3.05, 3.63) is 29.8 Å². The van der Waals surface area contributed by atoms with Crippen molar-refractivity contribution in [1.82, 2.24) is 4.90 Å². The van der Waals surface area contributed by atoms with Gasteiger partial charge in [0, 0.05) is 12.2 Å². The number of likely N-dealkylation sites (tertiary alicyclic amines) is 1. The molecule has 1 N–H and O–H groups in total. The van der Waals surface area contributed by atoms with Crippen LogP contribution in [0.3, 0.4) is 0 Å². The second-order valence-electron chi connectivity index (χ2n) is 8.13. The number of ether oxygens (including phenoxy) is 3. The standard InChI is InChI=1S/C22H30N2O7/c1-5-29-20(27)17-8-6-7-13-24(17)18(25)14-30-19(26)15-9-11-16(12-10-15)23-21(28)31-22(2,3)4/h9-12,17H,5-8,13-14H2,1-4H3,(H,23,28). The highest BCUT2D eigenvalue weighted by Crippen LogP contribution is 2.19. The topological polar surface area (TPSA) is 111 Å². The first-order valence-corrected chi connectivity index (χ1v) is 10.3. The maximum Gasteiger partial charge on any atom is 0.412 e. The molecule has 1 aromatic rings. The fourth-order valence-electron chi connectivity index (χ4n) is 3.12. The number of nitrogens with one attached hydrogen (secondary N) is 1. The van der Waals surface area contributed by atoms with Crippen LogP contribution in [0.2, 0.25) is 0 Å². The molecular weight excluding hydrogens is 404 g/mol. The van der Waals surface area contributed by atoms with Gasteiger partial charge >= 0.3 is 18.0 Å². The van der Waals surface area contributed by atoms with Crippen LogP contribution in [0.1, 0.15) is 57.3 Å². The van der Waals surface area contributed by atoms with Gasteiger partial charge in [-0.3, -0.25) is 10.1 Å². The molecule has 0 aliphatic carbocycles. The third kappa shape index (κ3) is 7.58. The van der Waals surface area contributed by atoms with E-state index >= 15 is 0 Å². The van der Waals surface area contributed by atoms with Crippen molar-refractivity contribution in [2.24, 2.45) is 0 Å². The van der Waals surface area contributed by atoms with Crippen molar-refractivity contribution in [3.63, 3.8) is 0 Å². The van der Waals surface area contributed by atoms with Gasteiger partial charge in [0.2, 0.25) is 0 Å². The van der Waals surface area contributed by atoms with Gasteiger partial charge in [0.25, 0.3) is 5.91 Å². The number of carbonyl (C=O) groups is 4. The van der Waals surface area contributed by atoms with Crippen molar-refractivity contribution >= 4 is 29.6 Å².